The standard InChI is InChI=1S/C24H55N7Si/c1-32(2,3)24-10-23-31(21-8-19-29(15-4-11-25)16-5-12-26)22-9-20-30(17-6-13-27)18-7-14-28/h4-9,11-23,25-28H2,1-3H3. The van der Waals surface area contributed by atoms with Crippen molar-refractivity contribution in [2.45, 2.75) is 58.2 Å². The lowest BCUT2D eigenvalue weighted by atomic mass is 10.2. The first-order chi connectivity index (χ1) is 15.4. The minimum absolute atomic E-state index is 0.752. The summed E-state index contributed by atoms with van der Waals surface area (Å²) in [6, 6.07) is 0. The molecule has 0 aromatic heterocycles. The summed E-state index contributed by atoms with van der Waals surface area (Å²) in [5.41, 5.74) is 26.4. The molecule has 32 heavy (non-hydrogen) atoms. The topological polar surface area (TPSA) is 114 Å². The van der Waals surface area contributed by atoms with Crippen molar-refractivity contribution in [2.75, 3.05) is 85.1 Å². The van der Waals surface area contributed by atoms with Crippen molar-refractivity contribution in [1.29, 1.82) is 0 Å². The van der Waals surface area contributed by atoms with Crippen LogP contribution in [0, 0.1) is 11.5 Å². The third-order valence-electron chi connectivity index (χ3n) is 5.38. The van der Waals surface area contributed by atoms with Gasteiger partial charge in [-0.1, -0.05) is 25.6 Å². The molecule has 7 nitrogen and oxygen atoms in total. The minimum Gasteiger partial charge on any atom is -0.330 e. The van der Waals surface area contributed by atoms with Crippen molar-refractivity contribution in [3.63, 3.8) is 0 Å². The van der Waals surface area contributed by atoms with E-state index in [1.807, 2.05) is 0 Å². The van der Waals surface area contributed by atoms with E-state index in [0.29, 0.717) is 0 Å². The average Bonchev–Trinajstić information content (AvgIpc) is 2.75. The first kappa shape index (κ1) is 31.5. The number of hydrogen-bond donors (Lipinski definition) is 4. The van der Waals surface area contributed by atoms with Gasteiger partial charge < -0.3 is 32.7 Å². The minimum atomic E-state index is -1.33. The lowest BCUT2D eigenvalue weighted by Gasteiger charge is -2.26. The molecule has 0 bridgehead atoms. The predicted molar refractivity (Wildman–Crippen MR) is 144 cm³/mol. The molecule has 0 fully saturated rings. The molecule has 0 rings (SSSR count). The monoisotopic (exact) mass is 469 g/mol. The fourth-order valence-corrected chi connectivity index (χ4v) is 4.26. The second-order valence-corrected chi connectivity index (χ2v) is 14.5. The molecule has 0 unspecified atom stereocenters. The van der Waals surface area contributed by atoms with E-state index in [1.165, 1.54) is 0 Å². The lowest BCUT2D eigenvalue weighted by Crippen LogP contribution is -2.35. The molecule has 0 heterocycles. The Hall–Kier alpha value is -0.503. The molecular weight excluding hydrogens is 414 g/mol. The molecule has 0 amide bonds. The van der Waals surface area contributed by atoms with Gasteiger partial charge in [-0.2, -0.15) is 0 Å². The van der Waals surface area contributed by atoms with Gasteiger partial charge in [0, 0.05) is 13.1 Å². The Morgan fingerprint density at radius 3 is 1.12 bits per heavy atom. The summed E-state index contributed by atoms with van der Waals surface area (Å²) in [5, 5.41) is 0. The summed E-state index contributed by atoms with van der Waals surface area (Å²) in [6.07, 6.45) is 6.53. The second kappa shape index (κ2) is 21.1. The van der Waals surface area contributed by atoms with Gasteiger partial charge in [0.05, 0.1) is 6.54 Å². The van der Waals surface area contributed by atoms with E-state index in [-0.39, 0.29) is 0 Å². The molecule has 0 aliphatic heterocycles. The number of rotatable bonds is 21. The number of hydrogen-bond acceptors (Lipinski definition) is 7. The molecule has 0 aromatic rings. The zero-order valence-electron chi connectivity index (χ0n) is 21.6. The maximum absolute atomic E-state index is 5.72. The predicted octanol–water partition coefficient (Wildman–Crippen LogP) is 0.949. The van der Waals surface area contributed by atoms with Crippen LogP contribution in [-0.4, -0.2) is 108 Å². The van der Waals surface area contributed by atoms with Gasteiger partial charge in [-0.25, -0.2) is 0 Å². The van der Waals surface area contributed by atoms with E-state index in [4.69, 9.17) is 22.9 Å². The highest BCUT2D eigenvalue weighted by molar-refractivity contribution is 6.83. The highest BCUT2D eigenvalue weighted by Gasteiger charge is 2.11. The molecule has 0 saturated heterocycles. The van der Waals surface area contributed by atoms with Crippen LogP contribution < -0.4 is 22.9 Å². The fraction of sp³-hybridized carbons (Fsp3) is 0.917. The Morgan fingerprint density at radius 1 is 0.500 bits per heavy atom. The highest BCUT2D eigenvalue weighted by atomic mass is 28.3. The average molecular weight is 470 g/mol. The van der Waals surface area contributed by atoms with Crippen LogP contribution in [0.5, 0.6) is 0 Å². The van der Waals surface area contributed by atoms with Crippen molar-refractivity contribution in [1.82, 2.24) is 14.7 Å². The Labute approximate surface area is 200 Å². The molecule has 0 spiro atoms. The normalized spacial score (nSPS) is 12.1. The Bertz CT molecular complexity index is 431. The highest BCUT2D eigenvalue weighted by Crippen LogP contribution is 2.03. The smallest absolute Gasteiger partial charge is 0.129 e. The van der Waals surface area contributed by atoms with E-state index in [2.05, 4.69) is 45.8 Å². The molecule has 0 aromatic carbocycles. The van der Waals surface area contributed by atoms with Crippen LogP contribution in [0.1, 0.15) is 38.5 Å². The van der Waals surface area contributed by atoms with Crippen LogP contribution >= 0.6 is 0 Å². The van der Waals surface area contributed by atoms with Gasteiger partial charge in [0.2, 0.25) is 0 Å². The number of nitrogens with zero attached hydrogens (tertiary/aromatic N) is 3. The lowest BCUT2D eigenvalue weighted by molar-refractivity contribution is 0.217. The van der Waals surface area contributed by atoms with Crippen LogP contribution in [0.2, 0.25) is 19.6 Å². The van der Waals surface area contributed by atoms with Gasteiger partial charge in [0.25, 0.3) is 0 Å². The third-order valence-corrected chi connectivity index (χ3v) is 6.30. The summed E-state index contributed by atoms with van der Waals surface area (Å²) in [5.74, 6) is 3.48. The van der Waals surface area contributed by atoms with Gasteiger partial charge in [-0.05, 0) is 104 Å². The molecule has 0 radical (unpaired) electrons. The van der Waals surface area contributed by atoms with Gasteiger partial charge in [0.15, 0.2) is 0 Å². The maximum atomic E-state index is 5.72. The maximum Gasteiger partial charge on any atom is 0.129 e. The summed E-state index contributed by atoms with van der Waals surface area (Å²) < 4.78 is 0. The Kier molecular flexibility index (Phi) is 20.7. The van der Waals surface area contributed by atoms with E-state index in [9.17, 15) is 0 Å². The van der Waals surface area contributed by atoms with Crippen molar-refractivity contribution >= 4 is 8.07 Å². The summed E-state index contributed by atoms with van der Waals surface area (Å²) >= 11 is 0. The quantitative estimate of drug-likeness (QED) is 0.146. The van der Waals surface area contributed by atoms with Crippen LogP contribution in [0.25, 0.3) is 0 Å². The van der Waals surface area contributed by atoms with Gasteiger partial charge in [-0.3, -0.25) is 4.90 Å². The fourth-order valence-electron chi connectivity index (χ4n) is 3.65. The molecule has 0 atom stereocenters. The Balaban J connectivity index is 4.71. The van der Waals surface area contributed by atoms with Crippen LogP contribution in [0.15, 0.2) is 0 Å². The molecule has 0 saturated carbocycles. The van der Waals surface area contributed by atoms with Crippen LogP contribution in [0.3, 0.4) is 0 Å². The van der Waals surface area contributed by atoms with Crippen molar-refractivity contribution < 1.29 is 0 Å². The molecular formula is C24H55N7Si. The van der Waals surface area contributed by atoms with Crippen molar-refractivity contribution in [3.8, 4) is 11.5 Å². The van der Waals surface area contributed by atoms with E-state index in [1.54, 1.807) is 0 Å². The first-order valence-corrected chi connectivity index (χ1v) is 16.3. The zero-order valence-corrected chi connectivity index (χ0v) is 22.6. The molecule has 190 valence electrons. The number of nitrogens with two attached hydrogens (primary N) is 4. The van der Waals surface area contributed by atoms with Crippen molar-refractivity contribution in [3.05, 3.63) is 0 Å². The SMILES string of the molecule is C[Si](C)(C)C#CCN(CCCN(CCCN)CCCN)CCCN(CCCN)CCCN. The van der Waals surface area contributed by atoms with Crippen LogP contribution in [0.4, 0.5) is 0 Å². The van der Waals surface area contributed by atoms with Gasteiger partial charge in [-0.15, -0.1) is 5.54 Å². The van der Waals surface area contributed by atoms with E-state index < -0.39 is 8.07 Å². The largest absolute Gasteiger partial charge is 0.330 e. The van der Waals surface area contributed by atoms with Crippen LogP contribution in [-0.2, 0) is 0 Å². The third kappa shape index (κ3) is 20.1. The van der Waals surface area contributed by atoms with Gasteiger partial charge >= 0.3 is 0 Å². The molecule has 0 aliphatic rings. The van der Waals surface area contributed by atoms with Crippen molar-refractivity contribution in [2.24, 2.45) is 22.9 Å². The molecule has 8 heteroatoms. The zero-order chi connectivity index (χ0) is 24.1. The van der Waals surface area contributed by atoms with E-state index >= 15 is 0 Å². The Morgan fingerprint density at radius 2 is 0.812 bits per heavy atom. The second-order valence-electron chi connectivity index (χ2n) is 9.79. The van der Waals surface area contributed by atoms with Gasteiger partial charge in [0.1, 0.15) is 8.07 Å². The summed E-state index contributed by atoms with van der Waals surface area (Å²) in [6.45, 7) is 19.5. The summed E-state index contributed by atoms with van der Waals surface area (Å²) in [7, 11) is -1.33. The molecule has 8 N–H and O–H groups in total. The van der Waals surface area contributed by atoms with E-state index in [0.717, 1.165) is 124 Å². The first-order valence-electron chi connectivity index (χ1n) is 12.8. The summed E-state index contributed by atoms with van der Waals surface area (Å²) in [4.78, 5) is 7.58. The molecule has 0 aliphatic carbocycles.